The lowest BCUT2D eigenvalue weighted by Crippen LogP contribution is -2.34. The summed E-state index contributed by atoms with van der Waals surface area (Å²) < 4.78 is 6.07. The van der Waals surface area contributed by atoms with Crippen LogP contribution in [0.15, 0.2) is 24.3 Å². The largest absolute Gasteiger partial charge is 0.365 e. The van der Waals surface area contributed by atoms with Gasteiger partial charge in [-0.25, -0.2) is 9.97 Å². The molecule has 6 heteroatoms. The SMILES string of the molecule is C[C@@H]1CCC[C@@H](O[C@@H](C)C(=O)Nc2nc3ccccc3nc2N2CCCC2)C1. The number of benzene rings is 1. The maximum absolute atomic E-state index is 12.8. The van der Waals surface area contributed by atoms with Crippen LogP contribution < -0.4 is 10.2 Å². The first-order chi connectivity index (χ1) is 13.6. The Labute approximate surface area is 166 Å². The molecule has 1 aliphatic heterocycles. The topological polar surface area (TPSA) is 67.3 Å². The predicted molar refractivity (Wildman–Crippen MR) is 112 cm³/mol. The van der Waals surface area contributed by atoms with E-state index in [0.717, 1.165) is 55.6 Å². The minimum Gasteiger partial charge on any atom is -0.365 e. The molecule has 28 heavy (non-hydrogen) atoms. The molecular formula is C22H30N4O2. The molecule has 0 radical (unpaired) electrons. The molecule has 0 unspecified atom stereocenters. The zero-order valence-corrected chi connectivity index (χ0v) is 16.9. The summed E-state index contributed by atoms with van der Waals surface area (Å²) in [5, 5.41) is 3.00. The zero-order valence-electron chi connectivity index (χ0n) is 16.9. The van der Waals surface area contributed by atoms with Gasteiger partial charge in [0.05, 0.1) is 17.1 Å². The molecule has 1 amide bonds. The second kappa shape index (κ2) is 8.43. The summed E-state index contributed by atoms with van der Waals surface area (Å²) in [7, 11) is 0. The van der Waals surface area contributed by atoms with Gasteiger partial charge in [0.15, 0.2) is 11.6 Å². The number of hydrogen-bond acceptors (Lipinski definition) is 5. The van der Waals surface area contributed by atoms with E-state index in [1.165, 1.54) is 12.8 Å². The lowest BCUT2D eigenvalue weighted by molar-refractivity contribution is -0.131. The van der Waals surface area contributed by atoms with Crippen LogP contribution in [0, 0.1) is 5.92 Å². The van der Waals surface area contributed by atoms with E-state index in [-0.39, 0.29) is 12.0 Å². The molecule has 1 aliphatic carbocycles. The lowest BCUT2D eigenvalue weighted by atomic mass is 9.88. The van der Waals surface area contributed by atoms with Crippen molar-refractivity contribution in [2.24, 2.45) is 5.92 Å². The van der Waals surface area contributed by atoms with Crippen molar-refractivity contribution in [3.8, 4) is 0 Å². The van der Waals surface area contributed by atoms with E-state index in [2.05, 4.69) is 17.1 Å². The highest BCUT2D eigenvalue weighted by Crippen LogP contribution is 2.29. The van der Waals surface area contributed by atoms with Crippen molar-refractivity contribution >= 4 is 28.6 Å². The monoisotopic (exact) mass is 382 g/mol. The highest BCUT2D eigenvalue weighted by molar-refractivity contribution is 5.96. The first-order valence-electron chi connectivity index (χ1n) is 10.6. The van der Waals surface area contributed by atoms with Crippen LogP contribution in [0.4, 0.5) is 11.6 Å². The molecule has 4 rings (SSSR count). The molecule has 1 aromatic carbocycles. The van der Waals surface area contributed by atoms with Crippen LogP contribution in [0.3, 0.4) is 0 Å². The third kappa shape index (κ3) is 4.27. The molecule has 1 N–H and O–H groups in total. The summed E-state index contributed by atoms with van der Waals surface area (Å²) in [6.45, 7) is 5.98. The van der Waals surface area contributed by atoms with Gasteiger partial charge < -0.3 is 15.0 Å². The molecule has 0 spiro atoms. The maximum atomic E-state index is 12.8. The van der Waals surface area contributed by atoms with Crippen LogP contribution in [-0.2, 0) is 9.53 Å². The molecule has 1 saturated carbocycles. The second-order valence-corrected chi connectivity index (χ2v) is 8.24. The number of para-hydroxylation sites is 2. The van der Waals surface area contributed by atoms with Crippen LogP contribution >= 0.6 is 0 Å². The molecule has 1 aromatic heterocycles. The number of fused-ring (bicyclic) bond motifs is 1. The zero-order chi connectivity index (χ0) is 19.5. The van der Waals surface area contributed by atoms with Gasteiger partial charge in [-0.1, -0.05) is 31.9 Å². The Bertz CT molecular complexity index is 834. The molecule has 2 heterocycles. The van der Waals surface area contributed by atoms with E-state index in [0.29, 0.717) is 11.7 Å². The van der Waals surface area contributed by atoms with Crippen LogP contribution in [-0.4, -0.2) is 41.2 Å². The summed E-state index contributed by atoms with van der Waals surface area (Å²) >= 11 is 0. The number of aromatic nitrogens is 2. The van der Waals surface area contributed by atoms with Crippen molar-refractivity contribution in [2.75, 3.05) is 23.3 Å². The number of anilines is 2. The molecule has 1 saturated heterocycles. The Morgan fingerprint density at radius 3 is 2.57 bits per heavy atom. The Kier molecular flexibility index (Phi) is 5.76. The molecular weight excluding hydrogens is 352 g/mol. The van der Waals surface area contributed by atoms with Gasteiger partial charge in [0, 0.05) is 13.1 Å². The van der Waals surface area contributed by atoms with E-state index in [1.54, 1.807) is 0 Å². The van der Waals surface area contributed by atoms with Gasteiger partial charge in [-0.3, -0.25) is 4.79 Å². The number of carbonyl (C=O) groups excluding carboxylic acids is 1. The van der Waals surface area contributed by atoms with Gasteiger partial charge in [0.2, 0.25) is 0 Å². The van der Waals surface area contributed by atoms with Crippen molar-refractivity contribution < 1.29 is 9.53 Å². The van der Waals surface area contributed by atoms with Crippen LogP contribution in [0.5, 0.6) is 0 Å². The first kappa shape index (κ1) is 19.1. The molecule has 6 nitrogen and oxygen atoms in total. The Morgan fingerprint density at radius 1 is 1.14 bits per heavy atom. The second-order valence-electron chi connectivity index (χ2n) is 8.24. The summed E-state index contributed by atoms with van der Waals surface area (Å²) in [4.78, 5) is 24.6. The van der Waals surface area contributed by atoms with Crippen molar-refractivity contribution in [2.45, 2.75) is 64.6 Å². The average molecular weight is 383 g/mol. The Morgan fingerprint density at radius 2 is 1.86 bits per heavy atom. The number of amides is 1. The maximum Gasteiger partial charge on any atom is 0.254 e. The normalized spacial score (nSPS) is 23.7. The van der Waals surface area contributed by atoms with Gasteiger partial charge >= 0.3 is 0 Å². The summed E-state index contributed by atoms with van der Waals surface area (Å²) in [6, 6.07) is 7.79. The van der Waals surface area contributed by atoms with Crippen molar-refractivity contribution in [1.82, 2.24) is 9.97 Å². The van der Waals surface area contributed by atoms with Gasteiger partial charge in [-0.05, 0) is 50.7 Å². The van der Waals surface area contributed by atoms with Gasteiger partial charge in [-0.2, -0.15) is 0 Å². The van der Waals surface area contributed by atoms with E-state index in [4.69, 9.17) is 14.7 Å². The molecule has 2 fully saturated rings. The number of hydrogen-bond donors (Lipinski definition) is 1. The number of ether oxygens (including phenoxy) is 1. The molecule has 3 atom stereocenters. The Hall–Kier alpha value is -2.21. The van der Waals surface area contributed by atoms with Crippen molar-refractivity contribution in [3.05, 3.63) is 24.3 Å². The van der Waals surface area contributed by atoms with E-state index < -0.39 is 6.10 Å². The molecule has 2 aliphatic rings. The highest BCUT2D eigenvalue weighted by atomic mass is 16.5. The summed E-state index contributed by atoms with van der Waals surface area (Å²) in [5.41, 5.74) is 1.64. The van der Waals surface area contributed by atoms with E-state index in [1.807, 2.05) is 31.2 Å². The fraction of sp³-hybridized carbons (Fsp3) is 0.591. The first-order valence-corrected chi connectivity index (χ1v) is 10.6. The Balaban J connectivity index is 1.52. The summed E-state index contributed by atoms with van der Waals surface area (Å²) in [5.74, 6) is 1.83. The third-order valence-electron chi connectivity index (χ3n) is 5.85. The van der Waals surface area contributed by atoms with Crippen LogP contribution in [0.25, 0.3) is 11.0 Å². The lowest BCUT2D eigenvalue weighted by Gasteiger charge is -2.29. The van der Waals surface area contributed by atoms with Crippen molar-refractivity contribution in [3.63, 3.8) is 0 Å². The van der Waals surface area contributed by atoms with Gasteiger partial charge in [0.25, 0.3) is 5.91 Å². The molecule has 0 bridgehead atoms. The minimum atomic E-state index is -0.505. The third-order valence-corrected chi connectivity index (χ3v) is 5.85. The standard InChI is InChI=1S/C22H30N4O2/c1-15-8-7-9-17(14-15)28-16(2)22(27)25-20-21(26-12-5-6-13-26)24-19-11-4-3-10-18(19)23-20/h3-4,10-11,15-17H,5-9,12-14H2,1-2H3,(H,23,25,27)/t15-,16+,17-/m1/s1. The highest BCUT2D eigenvalue weighted by Gasteiger charge is 2.26. The van der Waals surface area contributed by atoms with Crippen LogP contribution in [0.1, 0.15) is 52.4 Å². The number of nitrogens with one attached hydrogen (secondary N) is 1. The minimum absolute atomic E-state index is 0.150. The van der Waals surface area contributed by atoms with Crippen molar-refractivity contribution in [1.29, 1.82) is 0 Å². The van der Waals surface area contributed by atoms with E-state index >= 15 is 0 Å². The predicted octanol–water partition coefficient (Wildman–Crippen LogP) is 4.15. The van der Waals surface area contributed by atoms with Gasteiger partial charge in [0.1, 0.15) is 6.10 Å². The number of carbonyl (C=O) groups is 1. The fourth-order valence-corrected chi connectivity index (χ4v) is 4.29. The summed E-state index contributed by atoms with van der Waals surface area (Å²) in [6.07, 6.45) is 6.45. The van der Waals surface area contributed by atoms with Crippen LogP contribution in [0.2, 0.25) is 0 Å². The van der Waals surface area contributed by atoms with Gasteiger partial charge in [-0.15, -0.1) is 0 Å². The fourth-order valence-electron chi connectivity index (χ4n) is 4.29. The number of nitrogens with zero attached hydrogens (tertiary/aromatic N) is 3. The quantitative estimate of drug-likeness (QED) is 0.841. The molecule has 2 aromatic rings. The smallest absolute Gasteiger partial charge is 0.254 e. The van der Waals surface area contributed by atoms with E-state index in [9.17, 15) is 4.79 Å². The molecule has 150 valence electrons. The number of rotatable bonds is 5. The average Bonchev–Trinajstić information content (AvgIpc) is 3.22.